The predicted octanol–water partition coefficient (Wildman–Crippen LogP) is 2.27. The SMILES string of the molecule is C[C@@H](Sc1ccc(Cl)cc1)C(=O)NCCN1CCOCC1. The lowest BCUT2D eigenvalue weighted by Crippen LogP contribution is -2.42. The van der Waals surface area contributed by atoms with Gasteiger partial charge in [-0.25, -0.2) is 0 Å². The van der Waals surface area contributed by atoms with Gasteiger partial charge < -0.3 is 10.1 Å². The molecule has 0 unspecified atom stereocenters. The van der Waals surface area contributed by atoms with E-state index in [1.54, 1.807) is 11.8 Å². The second kappa shape index (κ2) is 8.63. The largest absolute Gasteiger partial charge is 0.379 e. The zero-order chi connectivity index (χ0) is 15.1. The number of carbonyl (C=O) groups is 1. The van der Waals surface area contributed by atoms with Crippen LogP contribution in [0.15, 0.2) is 29.2 Å². The van der Waals surface area contributed by atoms with Crippen molar-refractivity contribution in [1.82, 2.24) is 10.2 Å². The maximum Gasteiger partial charge on any atom is 0.233 e. The molecule has 1 aromatic carbocycles. The van der Waals surface area contributed by atoms with Gasteiger partial charge in [0, 0.05) is 36.1 Å². The van der Waals surface area contributed by atoms with Crippen molar-refractivity contribution in [3.63, 3.8) is 0 Å². The van der Waals surface area contributed by atoms with Gasteiger partial charge in [-0.15, -0.1) is 11.8 Å². The standard InChI is InChI=1S/C15H21ClN2O2S/c1-12(21-14-4-2-13(16)3-5-14)15(19)17-6-7-18-8-10-20-11-9-18/h2-5,12H,6-11H2,1H3,(H,17,19)/t12-/m1/s1. The van der Waals surface area contributed by atoms with E-state index in [2.05, 4.69) is 10.2 Å². The van der Waals surface area contributed by atoms with E-state index in [1.165, 1.54) is 0 Å². The van der Waals surface area contributed by atoms with Crippen LogP contribution in [0.4, 0.5) is 0 Å². The molecule has 1 aromatic rings. The number of ether oxygens (including phenoxy) is 1. The third-order valence-corrected chi connectivity index (χ3v) is 4.69. The molecule has 116 valence electrons. The van der Waals surface area contributed by atoms with Crippen LogP contribution >= 0.6 is 23.4 Å². The Labute approximate surface area is 135 Å². The van der Waals surface area contributed by atoms with Crippen molar-refractivity contribution in [3.8, 4) is 0 Å². The average Bonchev–Trinajstić information content (AvgIpc) is 2.50. The summed E-state index contributed by atoms with van der Waals surface area (Å²) in [5, 5.41) is 3.59. The van der Waals surface area contributed by atoms with Crippen molar-refractivity contribution in [2.24, 2.45) is 0 Å². The average molecular weight is 329 g/mol. The van der Waals surface area contributed by atoms with E-state index >= 15 is 0 Å². The Bertz CT molecular complexity index is 449. The number of hydrogen-bond donors (Lipinski definition) is 1. The Kier molecular flexibility index (Phi) is 6.83. The van der Waals surface area contributed by atoms with Crippen LogP contribution in [0.1, 0.15) is 6.92 Å². The van der Waals surface area contributed by atoms with Gasteiger partial charge in [-0.1, -0.05) is 11.6 Å². The highest BCUT2D eigenvalue weighted by Crippen LogP contribution is 2.24. The second-order valence-electron chi connectivity index (χ2n) is 4.96. The molecule has 0 bridgehead atoms. The van der Waals surface area contributed by atoms with Gasteiger partial charge in [0.1, 0.15) is 0 Å². The number of morpholine rings is 1. The molecule has 1 N–H and O–H groups in total. The minimum Gasteiger partial charge on any atom is -0.379 e. The maximum atomic E-state index is 12.1. The molecule has 0 spiro atoms. The highest BCUT2D eigenvalue weighted by atomic mass is 35.5. The van der Waals surface area contributed by atoms with Crippen LogP contribution in [0.2, 0.25) is 5.02 Å². The lowest BCUT2D eigenvalue weighted by Gasteiger charge is -2.26. The Morgan fingerprint density at radius 2 is 2.05 bits per heavy atom. The molecule has 0 aliphatic carbocycles. The number of hydrogen-bond acceptors (Lipinski definition) is 4. The van der Waals surface area contributed by atoms with E-state index in [1.807, 2.05) is 31.2 Å². The van der Waals surface area contributed by atoms with Crippen LogP contribution in [0.5, 0.6) is 0 Å². The minimum absolute atomic E-state index is 0.0724. The van der Waals surface area contributed by atoms with Crippen LogP contribution in [0, 0.1) is 0 Å². The number of amides is 1. The first-order chi connectivity index (χ1) is 10.1. The van der Waals surface area contributed by atoms with Crippen LogP contribution in [-0.2, 0) is 9.53 Å². The third-order valence-electron chi connectivity index (χ3n) is 3.33. The monoisotopic (exact) mass is 328 g/mol. The van der Waals surface area contributed by atoms with Gasteiger partial charge in [0.15, 0.2) is 0 Å². The molecule has 1 fully saturated rings. The maximum absolute atomic E-state index is 12.1. The fourth-order valence-electron chi connectivity index (χ4n) is 2.08. The molecule has 1 heterocycles. The molecule has 1 aliphatic heterocycles. The van der Waals surface area contributed by atoms with Crippen LogP contribution in [-0.4, -0.2) is 55.4 Å². The van der Waals surface area contributed by atoms with Gasteiger partial charge in [0.25, 0.3) is 0 Å². The molecule has 6 heteroatoms. The third kappa shape index (κ3) is 5.87. The van der Waals surface area contributed by atoms with E-state index in [9.17, 15) is 4.79 Å². The summed E-state index contributed by atoms with van der Waals surface area (Å²) >= 11 is 7.39. The molecule has 1 amide bonds. The molecule has 1 aliphatic rings. The zero-order valence-electron chi connectivity index (χ0n) is 12.2. The summed E-state index contributed by atoms with van der Waals surface area (Å²) in [5.41, 5.74) is 0. The Morgan fingerprint density at radius 1 is 1.38 bits per heavy atom. The van der Waals surface area contributed by atoms with Gasteiger partial charge in [0.2, 0.25) is 5.91 Å². The number of nitrogens with zero attached hydrogens (tertiary/aromatic N) is 1. The number of rotatable bonds is 6. The molecular weight excluding hydrogens is 308 g/mol. The summed E-state index contributed by atoms with van der Waals surface area (Å²) in [7, 11) is 0. The lowest BCUT2D eigenvalue weighted by molar-refractivity contribution is -0.120. The van der Waals surface area contributed by atoms with E-state index < -0.39 is 0 Å². The number of thioether (sulfide) groups is 1. The number of benzene rings is 1. The molecule has 4 nitrogen and oxygen atoms in total. The van der Waals surface area contributed by atoms with Crippen LogP contribution in [0.25, 0.3) is 0 Å². The van der Waals surface area contributed by atoms with E-state index in [-0.39, 0.29) is 11.2 Å². The van der Waals surface area contributed by atoms with Gasteiger partial charge >= 0.3 is 0 Å². The van der Waals surface area contributed by atoms with Crippen molar-refractivity contribution in [3.05, 3.63) is 29.3 Å². The first kappa shape index (κ1) is 16.6. The van der Waals surface area contributed by atoms with Gasteiger partial charge in [-0.05, 0) is 31.2 Å². The Hall–Kier alpha value is -0.750. The first-order valence-electron chi connectivity index (χ1n) is 7.15. The van der Waals surface area contributed by atoms with E-state index in [0.717, 1.165) is 37.7 Å². The van der Waals surface area contributed by atoms with E-state index in [4.69, 9.17) is 16.3 Å². The molecular formula is C15H21ClN2O2S. The fraction of sp³-hybridized carbons (Fsp3) is 0.533. The van der Waals surface area contributed by atoms with E-state index in [0.29, 0.717) is 11.6 Å². The van der Waals surface area contributed by atoms with Crippen molar-refractivity contribution < 1.29 is 9.53 Å². The lowest BCUT2D eigenvalue weighted by atomic mass is 10.4. The molecule has 1 atom stereocenters. The Morgan fingerprint density at radius 3 is 2.71 bits per heavy atom. The summed E-state index contributed by atoms with van der Waals surface area (Å²) < 4.78 is 5.30. The Balaban J connectivity index is 1.68. The van der Waals surface area contributed by atoms with Crippen molar-refractivity contribution in [1.29, 1.82) is 0 Å². The number of nitrogens with one attached hydrogen (secondary N) is 1. The zero-order valence-corrected chi connectivity index (χ0v) is 13.8. The number of carbonyl (C=O) groups excluding carboxylic acids is 1. The first-order valence-corrected chi connectivity index (χ1v) is 8.41. The normalized spacial score (nSPS) is 17.4. The molecule has 2 rings (SSSR count). The summed E-state index contributed by atoms with van der Waals surface area (Å²) in [6, 6.07) is 7.55. The summed E-state index contributed by atoms with van der Waals surface area (Å²) in [5.74, 6) is 0.0724. The van der Waals surface area contributed by atoms with Crippen LogP contribution < -0.4 is 5.32 Å². The summed E-state index contributed by atoms with van der Waals surface area (Å²) in [4.78, 5) is 15.4. The smallest absolute Gasteiger partial charge is 0.233 e. The van der Waals surface area contributed by atoms with Crippen molar-refractivity contribution in [2.45, 2.75) is 17.1 Å². The van der Waals surface area contributed by atoms with Gasteiger partial charge in [0.05, 0.1) is 18.5 Å². The molecule has 0 radical (unpaired) electrons. The highest BCUT2D eigenvalue weighted by molar-refractivity contribution is 8.00. The second-order valence-corrected chi connectivity index (χ2v) is 6.81. The van der Waals surface area contributed by atoms with Crippen LogP contribution in [0.3, 0.4) is 0 Å². The van der Waals surface area contributed by atoms with Crippen molar-refractivity contribution >= 4 is 29.3 Å². The van der Waals surface area contributed by atoms with Crippen molar-refractivity contribution in [2.75, 3.05) is 39.4 Å². The quantitative estimate of drug-likeness (QED) is 0.813. The molecule has 1 saturated heterocycles. The summed E-state index contributed by atoms with van der Waals surface area (Å²) in [6.07, 6.45) is 0. The molecule has 0 aromatic heterocycles. The minimum atomic E-state index is -0.115. The summed E-state index contributed by atoms with van der Waals surface area (Å²) in [6.45, 7) is 6.96. The topological polar surface area (TPSA) is 41.6 Å². The molecule has 0 saturated carbocycles. The van der Waals surface area contributed by atoms with Gasteiger partial charge in [-0.2, -0.15) is 0 Å². The highest BCUT2D eigenvalue weighted by Gasteiger charge is 2.15. The number of halogens is 1. The molecule has 21 heavy (non-hydrogen) atoms. The van der Waals surface area contributed by atoms with Gasteiger partial charge in [-0.3, -0.25) is 9.69 Å². The fourth-order valence-corrected chi connectivity index (χ4v) is 3.09. The predicted molar refractivity (Wildman–Crippen MR) is 87.0 cm³/mol.